The summed E-state index contributed by atoms with van der Waals surface area (Å²) in [7, 11) is 0. The van der Waals surface area contributed by atoms with E-state index < -0.39 is 28.9 Å². The van der Waals surface area contributed by atoms with E-state index in [0.29, 0.717) is 30.2 Å². The molecule has 0 N–H and O–H groups in total. The number of hydrogen-bond donors (Lipinski definition) is 0. The summed E-state index contributed by atoms with van der Waals surface area (Å²) < 4.78 is 41.2. The number of nitrogens with zero attached hydrogens (tertiary/aromatic N) is 3. The first-order valence-corrected chi connectivity index (χ1v) is 10.6. The standard InChI is InChI=1S/C24H24F3N3O/c25-21-12-23(27)22(26)11-20(21)24(31)30(15-16-4-5-16)19-6-8-29(9-7-19)14-18-3-1-2-17(10-18)13-28/h1-3,10-12,16,19H,4-9,14-15H2. The third kappa shape index (κ3) is 5.08. The number of amides is 1. The van der Waals surface area contributed by atoms with Gasteiger partial charge in [0.25, 0.3) is 5.91 Å². The van der Waals surface area contributed by atoms with Gasteiger partial charge in [0.1, 0.15) is 5.82 Å². The topological polar surface area (TPSA) is 47.3 Å². The molecule has 31 heavy (non-hydrogen) atoms. The average Bonchev–Trinajstić information content (AvgIpc) is 3.59. The molecule has 2 aliphatic rings. The Kier molecular flexibility index (Phi) is 6.28. The molecule has 2 fully saturated rings. The minimum atomic E-state index is -1.29. The van der Waals surface area contributed by atoms with Crippen molar-refractivity contribution in [3.05, 3.63) is 70.5 Å². The highest BCUT2D eigenvalue weighted by molar-refractivity contribution is 5.94. The summed E-state index contributed by atoms with van der Waals surface area (Å²) >= 11 is 0. The first-order valence-electron chi connectivity index (χ1n) is 10.6. The molecule has 1 saturated heterocycles. The molecule has 4 nitrogen and oxygen atoms in total. The molecule has 162 valence electrons. The van der Waals surface area contributed by atoms with Crippen LogP contribution in [-0.2, 0) is 6.54 Å². The van der Waals surface area contributed by atoms with Gasteiger partial charge in [-0.3, -0.25) is 9.69 Å². The Balaban J connectivity index is 1.44. The van der Waals surface area contributed by atoms with Crippen LogP contribution in [0.25, 0.3) is 0 Å². The number of piperidine rings is 1. The van der Waals surface area contributed by atoms with Crippen molar-refractivity contribution in [2.75, 3.05) is 19.6 Å². The van der Waals surface area contributed by atoms with E-state index >= 15 is 0 Å². The highest BCUT2D eigenvalue weighted by Gasteiger charge is 2.34. The molecule has 7 heteroatoms. The van der Waals surface area contributed by atoms with E-state index in [-0.39, 0.29) is 6.04 Å². The van der Waals surface area contributed by atoms with Crippen LogP contribution in [0.3, 0.4) is 0 Å². The zero-order chi connectivity index (χ0) is 22.0. The molecular formula is C24H24F3N3O. The van der Waals surface area contributed by atoms with E-state index in [2.05, 4.69) is 11.0 Å². The lowest BCUT2D eigenvalue weighted by Gasteiger charge is -2.39. The monoisotopic (exact) mass is 427 g/mol. The summed E-state index contributed by atoms with van der Waals surface area (Å²) in [5.41, 5.74) is 1.28. The van der Waals surface area contributed by atoms with Gasteiger partial charge in [-0.05, 0) is 55.4 Å². The summed E-state index contributed by atoms with van der Waals surface area (Å²) in [5, 5.41) is 9.07. The average molecular weight is 427 g/mol. The molecule has 1 aliphatic heterocycles. The van der Waals surface area contributed by atoms with Crippen molar-refractivity contribution >= 4 is 5.91 Å². The minimum Gasteiger partial charge on any atom is -0.335 e. The van der Waals surface area contributed by atoms with Gasteiger partial charge in [-0.2, -0.15) is 5.26 Å². The van der Waals surface area contributed by atoms with Crippen LogP contribution in [-0.4, -0.2) is 41.4 Å². The maximum atomic E-state index is 14.2. The Labute approximate surface area is 179 Å². The summed E-state index contributed by atoms with van der Waals surface area (Å²) in [4.78, 5) is 17.0. The van der Waals surface area contributed by atoms with Crippen LogP contribution in [0, 0.1) is 34.7 Å². The van der Waals surface area contributed by atoms with Crippen molar-refractivity contribution in [2.24, 2.45) is 5.92 Å². The van der Waals surface area contributed by atoms with E-state index in [0.717, 1.165) is 50.9 Å². The fourth-order valence-corrected chi connectivity index (χ4v) is 4.20. The molecule has 0 spiro atoms. The van der Waals surface area contributed by atoms with Crippen molar-refractivity contribution in [3.63, 3.8) is 0 Å². The first-order chi connectivity index (χ1) is 14.9. The van der Waals surface area contributed by atoms with Crippen molar-refractivity contribution in [2.45, 2.75) is 38.3 Å². The Hall–Kier alpha value is -2.85. The maximum Gasteiger partial charge on any atom is 0.257 e. The number of carbonyl (C=O) groups excluding carboxylic acids is 1. The van der Waals surface area contributed by atoms with Crippen LogP contribution in [0.1, 0.15) is 47.2 Å². The van der Waals surface area contributed by atoms with Crippen molar-refractivity contribution in [3.8, 4) is 6.07 Å². The minimum absolute atomic E-state index is 0.0673. The van der Waals surface area contributed by atoms with Crippen molar-refractivity contribution in [1.82, 2.24) is 9.80 Å². The van der Waals surface area contributed by atoms with E-state index in [4.69, 9.17) is 5.26 Å². The molecule has 0 aromatic heterocycles. The normalized spacial score (nSPS) is 17.4. The smallest absolute Gasteiger partial charge is 0.257 e. The molecular weight excluding hydrogens is 403 g/mol. The quantitative estimate of drug-likeness (QED) is 0.638. The predicted molar refractivity (Wildman–Crippen MR) is 110 cm³/mol. The third-order valence-electron chi connectivity index (χ3n) is 6.11. The number of nitriles is 1. The largest absolute Gasteiger partial charge is 0.335 e. The van der Waals surface area contributed by atoms with Crippen LogP contribution in [0.2, 0.25) is 0 Å². The van der Waals surface area contributed by atoms with Crippen molar-refractivity contribution in [1.29, 1.82) is 5.26 Å². The van der Waals surface area contributed by atoms with Gasteiger partial charge in [0.05, 0.1) is 17.2 Å². The van der Waals surface area contributed by atoms with E-state index in [1.807, 2.05) is 18.2 Å². The number of carbonyl (C=O) groups is 1. The van der Waals surface area contributed by atoms with Crippen LogP contribution in [0.4, 0.5) is 13.2 Å². The van der Waals surface area contributed by atoms with Crippen molar-refractivity contribution < 1.29 is 18.0 Å². The molecule has 4 rings (SSSR count). The number of hydrogen-bond acceptors (Lipinski definition) is 3. The van der Waals surface area contributed by atoms with E-state index in [1.54, 1.807) is 11.0 Å². The second-order valence-electron chi connectivity index (χ2n) is 8.47. The Morgan fingerprint density at radius 3 is 2.42 bits per heavy atom. The first kappa shape index (κ1) is 21.4. The number of likely N-dealkylation sites (tertiary alicyclic amines) is 1. The summed E-state index contributed by atoms with van der Waals surface area (Å²) in [6.07, 6.45) is 3.50. The molecule has 1 heterocycles. The Bertz CT molecular complexity index is 1010. The molecule has 1 amide bonds. The lowest BCUT2D eigenvalue weighted by atomic mass is 10.00. The van der Waals surface area contributed by atoms with Gasteiger partial charge in [-0.15, -0.1) is 0 Å². The van der Waals surface area contributed by atoms with Gasteiger partial charge in [0.15, 0.2) is 11.6 Å². The lowest BCUT2D eigenvalue weighted by molar-refractivity contribution is 0.0546. The second kappa shape index (κ2) is 9.11. The number of benzene rings is 2. The summed E-state index contributed by atoms with van der Waals surface area (Å²) in [6, 6.07) is 10.7. The van der Waals surface area contributed by atoms with Gasteiger partial charge in [-0.25, -0.2) is 13.2 Å². The molecule has 2 aromatic rings. The lowest BCUT2D eigenvalue weighted by Crippen LogP contribution is -2.48. The van der Waals surface area contributed by atoms with Gasteiger partial charge in [-0.1, -0.05) is 12.1 Å². The molecule has 1 saturated carbocycles. The zero-order valence-corrected chi connectivity index (χ0v) is 17.2. The van der Waals surface area contributed by atoms with Gasteiger partial charge in [0.2, 0.25) is 0 Å². The fourth-order valence-electron chi connectivity index (χ4n) is 4.20. The molecule has 0 radical (unpaired) electrons. The van der Waals surface area contributed by atoms with Crippen LogP contribution in [0.5, 0.6) is 0 Å². The van der Waals surface area contributed by atoms with Crippen LogP contribution in [0.15, 0.2) is 36.4 Å². The van der Waals surface area contributed by atoms with E-state index in [9.17, 15) is 18.0 Å². The number of halogens is 3. The summed E-state index contributed by atoms with van der Waals surface area (Å²) in [5.74, 6) is -3.71. The molecule has 0 bridgehead atoms. The molecule has 0 unspecified atom stereocenters. The molecule has 1 aliphatic carbocycles. The SMILES string of the molecule is N#Cc1cccc(CN2CCC(N(CC3CC3)C(=O)c3cc(F)c(F)cc3F)CC2)c1. The molecule has 2 aromatic carbocycles. The van der Waals surface area contributed by atoms with Crippen LogP contribution < -0.4 is 0 Å². The third-order valence-corrected chi connectivity index (χ3v) is 6.11. The fraction of sp³-hybridized carbons (Fsp3) is 0.417. The second-order valence-corrected chi connectivity index (χ2v) is 8.47. The van der Waals surface area contributed by atoms with E-state index in [1.165, 1.54) is 0 Å². The highest BCUT2D eigenvalue weighted by atomic mass is 19.2. The Morgan fingerprint density at radius 2 is 1.74 bits per heavy atom. The zero-order valence-electron chi connectivity index (χ0n) is 17.2. The maximum absolute atomic E-state index is 14.2. The van der Waals surface area contributed by atoms with Gasteiger partial charge < -0.3 is 4.90 Å². The predicted octanol–water partition coefficient (Wildman–Crippen LogP) is 4.49. The summed E-state index contributed by atoms with van der Waals surface area (Å²) in [6.45, 7) is 2.76. The van der Waals surface area contributed by atoms with Crippen LogP contribution >= 0.6 is 0 Å². The number of rotatable bonds is 6. The highest BCUT2D eigenvalue weighted by Crippen LogP contribution is 2.33. The Morgan fingerprint density at radius 1 is 1.03 bits per heavy atom. The van der Waals surface area contributed by atoms with Gasteiger partial charge in [0, 0.05) is 38.3 Å². The molecule has 0 atom stereocenters. The van der Waals surface area contributed by atoms with Gasteiger partial charge >= 0.3 is 0 Å².